The van der Waals surface area contributed by atoms with Crippen LogP contribution in [0.4, 0.5) is 34.1 Å². The van der Waals surface area contributed by atoms with E-state index in [1.165, 1.54) is 167 Å². The van der Waals surface area contributed by atoms with Crippen LogP contribution in [0.3, 0.4) is 0 Å². The van der Waals surface area contributed by atoms with Crippen molar-refractivity contribution in [3.8, 4) is 66.8 Å². The molecule has 3 heteroatoms. The average Bonchev–Trinajstić information content (AvgIpc) is 1.72. The van der Waals surface area contributed by atoms with Crippen LogP contribution >= 0.6 is 0 Å². The Hall–Kier alpha value is -10.5. The van der Waals surface area contributed by atoms with Crippen molar-refractivity contribution in [1.82, 2.24) is 0 Å². The first-order valence-electron chi connectivity index (χ1n) is 30.9. The SMILES string of the molecule is CC(C)(C)c1cc2c3c(c1)N(c1cccc4c1C1(c5ccccc5-c5ccccc51)c1ccccc1-4)c1ccc(-c4ccccc4)cc1B3c1cc(-c3ccccc3)ccc1N2c1cccc2c1C1(c3ccccc3-c3ccccc31)c1ccccc1-2. The Balaban J connectivity index is 0.967. The van der Waals surface area contributed by atoms with Gasteiger partial charge in [-0.05, 0) is 164 Å². The van der Waals surface area contributed by atoms with Crippen molar-refractivity contribution in [1.29, 1.82) is 0 Å². The zero-order valence-corrected chi connectivity index (χ0v) is 48.7. The predicted octanol–water partition coefficient (Wildman–Crippen LogP) is 19.1. The molecule has 2 nitrogen and oxygen atoms in total. The van der Waals surface area contributed by atoms with E-state index in [0.29, 0.717) is 0 Å². The lowest BCUT2D eigenvalue weighted by molar-refractivity contribution is 0.590. The van der Waals surface area contributed by atoms with Gasteiger partial charge in [-0.15, -0.1) is 0 Å². The zero-order chi connectivity index (χ0) is 57.5. The molecule has 0 saturated carbocycles. The second-order valence-corrected chi connectivity index (χ2v) is 25.7. The molecule has 2 aliphatic heterocycles. The third kappa shape index (κ3) is 6.25. The molecule has 0 fully saturated rings. The minimum absolute atomic E-state index is 0.152. The molecule has 19 rings (SSSR count). The van der Waals surface area contributed by atoms with Gasteiger partial charge in [0.05, 0.1) is 22.2 Å². The maximum absolute atomic E-state index is 2.73. The van der Waals surface area contributed by atoms with Gasteiger partial charge in [0.15, 0.2) is 0 Å². The minimum atomic E-state index is -0.594. The average molecular weight is 1110 g/mol. The van der Waals surface area contributed by atoms with Gasteiger partial charge in [-0.1, -0.05) is 276 Å². The van der Waals surface area contributed by atoms with Crippen LogP contribution in [0.1, 0.15) is 70.8 Å². The van der Waals surface area contributed by atoms with Crippen molar-refractivity contribution in [3.63, 3.8) is 0 Å². The molecule has 2 spiro atoms. The summed E-state index contributed by atoms with van der Waals surface area (Å²) in [6.07, 6.45) is 0. The van der Waals surface area contributed by atoms with Crippen molar-refractivity contribution in [2.45, 2.75) is 37.0 Å². The van der Waals surface area contributed by atoms with Crippen molar-refractivity contribution in [2.75, 3.05) is 9.80 Å². The molecule has 2 heterocycles. The van der Waals surface area contributed by atoms with Crippen LogP contribution < -0.4 is 26.2 Å². The largest absolute Gasteiger partial charge is 0.311 e. The monoisotopic (exact) mass is 1100 g/mol. The standard InChI is InChI=1S/C84H57BN2/c1-82(2,3)56-50-77-81-78(51-56)87(76-43-23-35-64-62-33-15-21-41-70(62)84(80(64)76)67-38-18-12-30-59(67)60-31-13-19-39-68(60)84)74-47-45-55(53-26-8-5-9-27-53)49-72(74)85(81)71-48-54(52-24-6-4-7-25-52)44-46-73(71)86(77)75-42-22-34-63-61-32-14-20-40-69(61)83(79(63)75)65-36-16-10-28-57(65)58-29-11-17-37-66(58)83/h4-51H,1-3H3. The van der Waals surface area contributed by atoms with Gasteiger partial charge in [0.2, 0.25) is 0 Å². The molecule has 0 radical (unpaired) electrons. The first-order chi connectivity index (χ1) is 42.8. The van der Waals surface area contributed by atoms with E-state index in [0.717, 1.165) is 0 Å². The zero-order valence-electron chi connectivity index (χ0n) is 48.7. The Morgan fingerprint density at radius 2 is 0.575 bits per heavy atom. The second kappa shape index (κ2) is 17.6. The molecule has 13 aromatic carbocycles. The third-order valence-corrected chi connectivity index (χ3v) is 20.6. The molecule has 4 aliphatic carbocycles. The Kier molecular flexibility index (Phi) is 9.86. The van der Waals surface area contributed by atoms with Crippen LogP contribution in [0, 0.1) is 0 Å². The normalized spacial score (nSPS) is 14.7. The third-order valence-electron chi connectivity index (χ3n) is 20.6. The highest BCUT2D eigenvalue weighted by Crippen LogP contribution is 2.68. The summed E-state index contributed by atoms with van der Waals surface area (Å²) in [4.78, 5) is 5.45. The Morgan fingerprint density at radius 3 is 0.920 bits per heavy atom. The molecule has 0 bridgehead atoms. The van der Waals surface area contributed by atoms with E-state index < -0.39 is 10.8 Å². The summed E-state index contributed by atoms with van der Waals surface area (Å²) in [6, 6.07) is 112. The fourth-order valence-corrected chi connectivity index (χ4v) is 17.2. The van der Waals surface area contributed by atoms with Crippen molar-refractivity contribution < 1.29 is 0 Å². The van der Waals surface area contributed by atoms with Gasteiger partial charge in [-0.25, -0.2) is 0 Å². The number of hydrogen-bond acceptors (Lipinski definition) is 2. The van der Waals surface area contributed by atoms with E-state index in [2.05, 4.69) is 322 Å². The van der Waals surface area contributed by atoms with Gasteiger partial charge in [0.1, 0.15) is 0 Å². The molecular weight excluding hydrogens is 1050 g/mol. The van der Waals surface area contributed by atoms with Crippen molar-refractivity contribution in [2.24, 2.45) is 0 Å². The van der Waals surface area contributed by atoms with E-state index >= 15 is 0 Å². The predicted molar refractivity (Wildman–Crippen MR) is 363 cm³/mol. The lowest BCUT2D eigenvalue weighted by Crippen LogP contribution is -2.61. The Labute approximate surface area is 509 Å². The summed E-state index contributed by atoms with van der Waals surface area (Å²) in [5.41, 5.74) is 36.7. The van der Waals surface area contributed by atoms with Gasteiger partial charge in [0.25, 0.3) is 6.71 Å². The summed E-state index contributed by atoms with van der Waals surface area (Å²) in [6.45, 7) is 7.04. The summed E-state index contributed by atoms with van der Waals surface area (Å²) in [5.74, 6) is 0. The van der Waals surface area contributed by atoms with E-state index in [9.17, 15) is 0 Å². The highest BCUT2D eigenvalue weighted by molar-refractivity contribution is 7.00. The number of anilines is 6. The fourth-order valence-electron chi connectivity index (χ4n) is 17.2. The summed E-state index contributed by atoms with van der Waals surface area (Å²) in [5, 5.41) is 0. The van der Waals surface area contributed by atoms with Crippen molar-refractivity contribution in [3.05, 3.63) is 341 Å². The van der Waals surface area contributed by atoms with Gasteiger partial charge in [-0.2, -0.15) is 0 Å². The Bertz CT molecular complexity index is 4690. The quantitative estimate of drug-likeness (QED) is 0.162. The highest BCUT2D eigenvalue weighted by atomic mass is 15.2. The van der Waals surface area contributed by atoms with Crippen LogP contribution in [0.25, 0.3) is 66.8 Å². The molecular formula is C84H57BN2. The highest BCUT2D eigenvalue weighted by Gasteiger charge is 2.57. The summed E-state index contributed by atoms with van der Waals surface area (Å²) in [7, 11) is 0. The van der Waals surface area contributed by atoms with Crippen molar-refractivity contribution >= 4 is 57.2 Å². The maximum Gasteiger partial charge on any atom is 0.252 e. The minimum Gasteiger partial charge on any atom is -0.311 e. The van der Waals surface area contributed by atoms with Gasteiger partial charge in [-0.3, -0.25) is 0 Å². The molecule has 87 heavy (non-hydrogen) atoms. The molecule has 13 aromatic rings. The van der Waals surface area contributed by atoms with Gasteiger partial charge < -0.3 is 9.80 Å². The van der Waals surface area contributed by atoms with Gasteiger partial charge >= 0.3 is 0 Å². The van der Waals surface area contributed by atoms with E-state index in [1.54, 1.807) is 0 Å². The second-order valence-electron chi connectivity index (χ2n) is 25.7. The van der Waals surface area contributed by atoms with Crippen LogP contribution in [0.15, 0.2) is 291 Å². The molecule has 6 aliphatic rings. The summed E-state index contributed by atoms with van der Waals surface area (Å²) < 4.78 is 0. The number of hydrogen-bond donors (Lipinski definition) is 0. The molecule has 0 aromatic heterocycles. The van der Waals surface area contributed by atoms with Gasteiger partial charge in [0, 0.05) is 33.9 Å². The molecule has 0 saturated heterocycles. The smallest absolute Gasteiger partial charge is 0.252 e. The van der Waals surface area contributed by atoms with E-state index in [-0.39, 0.29) is 12.1 Å². The maximum atomic E-state index is 2.73. The number of nitrogens with zero attached hydrogens (tertiary/aromatic N) is 2. The summed E-state index contributed by atoms with van der Waals surface area (Å²) >= 11 is 0. The first-order valence-corrected chi connectivity index (χ1v) is 30.9. The first kappa shape index (κ1) is 48.9. The Morgan fingerprint density at radius 1 is 0.264 bits per heavy atom. The molecule has 406 valence electrons. The number of rotatable bonds is 4. The number of fused-ring (bicyclic) bond motifs is 24. The molecule has 0 N–H and O–H groups in total. The van der Waals surface area contributed by atoms with E-state index in [1.807, 2.05) is 0 Å². The topological polar surface area (TPSA) is 6.48 Å². The number of benzene rings is 13. The molecule has 0 amide bonds. The van der Waals surface area contributed by atoms with Crippen LogP contribution in [0.5, 0.6) is 0 Å². The molecule has 0 unspecified atom stereocenters. The fraction of sp³-hybridized carbons (Fsp3) is 0.0714. The van der Waals surface area contributed by atoms with E-state index in [4.69, 9.17) is 0 Å². The van der Waals surface area contributed by atoms with Crippen LogP contribution in [-0.4, -0.2) is 6.71 Å². The molecule has 0 atom stereocenters. The lowest BCUT2D eigenvalue weighted by atomic mass is 9.33. The lowest BCUT2D eigenvalue weighted by Gasteiger charge is -2.47. The van der Waals surface area contributed by atoms with Crippen LogP contribution in [0.2, 0.25) is 0 Å². The van der Waals surface area contributed by atoms with Crippen LogP contribution in [-0.2, 0) is 16.2 Å².